The largest absolute Gasteiger partial charge is 0.310 e. The molecule has 13 rings (SSSR count). The van der Waals surface area contributed by atoms with Gasteiger partial charge in [-0.1, -0.05) is 271 Å². The van der Waals surface area contributed by atoms with Crippen molar-refractivity contribution in [1.82, 2.24) is 0 Å². The molecule has 2 aliphatic heterocycles. The molecule has 2 nitrogen and oxygen atoms in total. The van der Waals surface area contributed by atoms with Crippen LogP contribution >= 0.6 is 0 Å². The van der Waals surface area contributed by atoms with Gasteiger partial charge in [-0.15, -0.1) is 0 Å². The first kappa shape index (κ1) is 64.0. The van der Waals surface area contributed by atoms with Crippen molar-refractivity contribution in [1.29, 1.82) is 0 Å². The first-order valence-corrected chi connectivity index (χ1v) is 35.2. The van der Waals surface area contributed by atoms with Crippen LogP contribution in [0, 0.1) is 0 Å². The highest BCUT2D eigenvalue weighted by molar-refractivity contribution is 6.40. The molecule has 0 amide bonds. The van der Waals surface area contributed by atoms with Crippen molar-refractivity contribution in [3.63, 3.8) is 0 Å². The number of fused-ring (bicyclic) bond motifs is 2. The van der Waals surface area contributed by atoms with Crippen LogP contribution in [0.5, 0.6) is 0 Å². The van der Waals surface area contributed by atoms with Crippen molar-refractivity contribution >= 4 is 77.3 Å². The van der Waals surface area contributed by atoms with E-state index >= 15 is 0 Å². The highest BCUT2D eigenvalue weighted by Crippen LogP contribution is 2.58. The van der Waals surface area contributed by atoms with Crippen molar-refractivity contribution in [2.45, 2.75) is 184 Å². The van der Waals surface area contributed by atoms with Crippen LogP contribution in [0.15, 0.2) is 184 Å². The minimum atomic E-state index is 0.260. The van der Waals surface area contributed by atoms with Gasteiger partial charge in [0.25, 0.3) is 0 Å². The smallest absolute Gasteiger partial charge is 0.0530 e. The molecule has 0 radical (unpaired) electrons. The van der Waals surface area contributed by atoms with E-state index in [4.69, 9.17) is 26.3 Å². The Bertz CT molecular complexity index is 4290. The zero-order chi connectivity index (χ0) is 66.6. The SMILES string of the molecule is C=C1c2cc(Cc3ccccc3C(C)C)c3c4c(Cc5ccccc5C(C)C)cc5c6c(cc(Cc7ccccc7C(C)C)c(c7c(Cc8ccccc8C(C)C)cc(c2c37)C(=C)N1c1c(C(C)C)cccc1C(C)C)c64)C(=C)N(c1c(C(C)C)cccc1C(C)C)C5=C. The lowest BCUT2D eigenvalue weighted by molar-refractivity contribution is 0.831. The van der Waals surface area contributed by atoms with E-state index in [-0.39, 0.29) is 23.7 Å². The van der Waals surface area contributed by atoms with Gasteiger partial charge in [-0.25, -0.2) is 0 Å². The van der Waals surface area contributed by atoms with Gasteiger partial charge in [0, 0.05) is 55.8 Å². The number of hydrogen-bond donors (Lipinski definition) is 0. The number of rotatable bonds is 18. The van der Waals surface area contributed by atoms with Gasteiger partial charge >= 0.3 is 0 Å². The molecule has 0 spiro atoms. The van der Waals surface area contributed by atoms with Crippen LogP contribution in [0.25, 0.3) is 65.9 Å². The summed E-state index contributed by atoms with van der Waals surface area (Å²) in [5, 5.41) is 10.5. The van der Waals surface area contributed by atoms with E-state index in [1.807, 2.05) is 0 Å². The van der Waals surface area contributed by atoms with Gasteiger partial charge in [0.2, 0.25) is 0 Å². The Balaban J connectivity index is 1.31. The second-order valence-corrected chi connectivity index (χ2v) is 30.1. The lowest BCUT2D eigenvalue weighted by Crippen LogP contribution is -2.27. The zero-order valence-electron chi connectivity index (χ0n) is 59.2. The van der Waals surface area contributed by atoms with Gasteiger partial charge in [0.15, 0.2) is 0 Å². The molecule has 0 aromatic heterocycles. The van der Waals surface area contributed by atoms with E-state index in [0.717, 1.165) is 48.5 Å². The maximum absolute atomic E-state index is 5.31. The number of benzene rings is 11. The van der Waals surface area contributed by atoms with Crippen molar-refractivity contribution in [2.75, 3.05) is 9.80 Å². The van der Waals surface area contributed by atoms with Crippen LogP contribution in [0.3, 0.4) is 0 Å². The number of hydrogen-bond acceptors (Lipinski definition) is 2. The minimum Gasteiger partial charge on any atom is -0.310 e. The van der Waals surface area contributed by atoms with Crippen molar-refractivity contribution in [3.8, 4) is 0 Å². The molecule has 476 valence electrons. The van der Waals surface area contributed by atoms with Crippen LogP contribution in [0.4, 0.5) is 11.4 Å². The highest BCUT2D eigenvalue weighted by Gasteiger charge is 2.39. The molecule has 0 unspecified atom stereocenters. The zero-order valence-corrected chi connectivity index (χ0v) is 59.2. The summed E-state index contributed by atoms with van der Waals surface area (Å²) in [5.74, 6) is 2.32. The molecule has 0 N–H and O–H groups in total. The Kier molecular flexibility index (Phi) is 16.9. The third-order valence-corrected chi connectivity index (χ3v) is 21.3. The Morgan fingerprint density at radius 2 is 0.415 bits per heavy atom. The van der Waals surface area contributed by atoms with Crippen LogP contribution in [-0.2, 0) is 25.7 Å². The van der Waals surface area contributed by atoms with Crippen molar-refractivity contribution < 1.29 is 0 Å². The fourth-order valence-corrected chi connectivity index (χ4v) is 16.8. The Morgan fingerprint density at radius 1 is 0.223 bits per heavy atom. The van der Waals surface area contributed by atoms with Gasteiger partial charge < -0.3 is 9.80 Å². The standard InChI is InChI=1S/C92H98N2/c1-51(2)71-35-25-21-31-63(71)43-67-47-79-59(17)93(91-75(55(9)10)39-29-40-76(91)56(11)12)60(18)80-49-69(45-65-33-23-27-37-73(65)53(5)6)85-86-70(46-66-34-24-28-38-74(66)54(7)8)50-82-62(20)94(92-77(57(13)14)41-30-42-78(92)58(15)16)61(19)81-48-68(44-64-32-22-26-36-72(64)52(3)4)84(90(86)88(81)82)83(67)89(85)87(79)80/h21-42,47-58H,17-20,43-46H2,1-16H3. The maximum Gasteiger partial charge on any atom is 0.0530 e. The molecule has 11 aromatic carbocycles. The summed E-state index contributed by atoms with van der Waals surface area (Å²) < 4.78 is 0. The monoisotopic (exact) mass is 1230 g/mol. The Morgan fingerprint density at radius 3 is 0.617 bits per heavy atom. The molecule has 0 atom stereocenters. The average Bonchev–Trinajstić information content (AvgIpc) is 0.671. The molecule has 2 heteroatoms. The average molecular weight is 1230 g/mol. The summed E-state index contributed by atoms with van der Waals surface area (Å²) in [7, 11) is 0. The van der Waals surface area contributed by atoms with Crippen molar-refractivity contribution in [2.24, 2.45) is 0 Å². The lowest BCUT2D eigenvalue weighted by atomic mass is 9.73. The number of nitrogens with zero attached hydrogens (tertiary/aromatic N) is 2. The summed E-state index contributed by atoms with van der Waals surface area (Å²) in [6.07, 6.45) is 2.95. The quantitative estimate of drug-likeness (QED) is 0.0624. The molecular weight excluding hydrogens is 1130 g/mol. The van der Waals surface area contributed by atoms with Gasteiger partial charge in [-0.05, 0) is 219 Å². The molecule has 0 bridgehead atoms. The summed E-state index contributed by atoms with van der Waals surface area (Å²) in [6.45, 7) is 58.8. The summed E-state index contributed by atoms with van der Waals surface area (Å²) >= 11 is 0. The van der Waals surface area contributed by atoms with E-state index in [9.17, 15) is 0 Å². The summed E-state index contributed by atoms with van der Waals surface area (Å²) in [6, 6.07) is 61.3. The third kappa shape index (κ3) is 10.5. The Hall–Kier alpha value is -8.72. The molecule has 0 fully saturated rings. The summed E-state index contributed by atoms with van der Waals surface area (Å²) in [5.41, 5.74) is 32.5. The second-order valence-electron chi connectivity index (χ2n) is 30.1. The second kappa shape index (κ2) is 24.9. The third-order valence-electron chi connectivity index (χ3n) is 21.3. The van der Waals surface area contributed by atoms with Gasteiger partial charge in [0.1, 0.15) is 0 Å². The molecule has 11 aromatic rings. The minimum absolute atomic E-state index is 0.260. The highest BCUT2D eigenvalue weighted by atomic mass is 15.2. The first-order chi connectivity index (χ1) is 45.0. The predicted molar refractivity (Wildman–Crippen MR) is 411 cm³/mol. The Labute approximate surface area is 562 Å². The maximum atomic E-state index is 5.31. The number of anilines is 2. The molecule has 94 heavy (non-hydrogen) atoms. The van der Waals surface area contributed by atoms with Gasteiger partial charge in [-0.2, -0.15) is 0 Å². The van der Waals surface area contributed by atoms with Crippen LogP contribution < -0.4 is 9.80 Å². The fraction of sp³-hybridized carbons (Fsp3) is 0.304. The number of para-hydroxylation sites is 2. The van der Waals surface area contributed by atoms with Crippen LogP contribution in [0.1, 0.15) is 269 Å². The molecule has 2 aliphatic rings. The van der Waals surface area contributed by atoms with E-state index in [2.05, 4.69) is 278 Å². The van der Waals surface area contributed by atoms with Crippen molar-refractivity contribution in [3.05, 3.63) is 295 Å². The van der Waals surface area contributed by atoms with E-state index in [0.29, 0.717) is 23.7 Å². The normalized spacial score (nSPS) is 13.7. The van der Waals surface area contributed by atoms with Crippen LogP contribution in [0.2, 0.25) is 0 Å². The predicted octanol–water partition coefficient (Wildman–Crippen LogP) is 26.0. The van der Waals surface area contributed by atoms with E-state index < -0.39 is 0 Å². The van der Waals surface area contributed by atoms with Gasteiger partial charge in [-0.3, -0.25) is 0 Å². The first-order valence-electron chi connectivity index (χ1n) is 35.2. The topological polar surface area (TPSA) is 6.48 Å². The molecule has 0 saturated carbocycles. The fourth-order valence-electron chi connectivity index (χ4n) is 16.8. The van der Waals surface area contributed by atoms with E-state index in [1.54, 1.807) is 0 Å². The van der Waals surface area contributed by atoms with Gasteiger partial charge in [0.05, 0.1) is 11.4 Å². The van der Waals surface area contributed by atoms with E-state index in [1.165, 1.54) is 166 Å². The lowest BCUT2D eigenvalue weighted by Gasteiger charge is -2.41. The molecule has 0 saturated heterocycles. The molecule has 2 heterocycles. The molecular formula is C92H98N2. The summed E-state index contributed by atoms with van der Waals surface area (Å²) in [4.78, 5) is 4.97. The van der Waals surface area contributed by atoms with Crippen LogP contribution in [-0.4, -0.2) is 0 Å². The molecule has 0 aliphatic carbocycles.